The van der Waals surface area contributed by atoms with Crippen LogP contribution in [0.5, 0.6) is 11.5 Å². The van der Waals surface area contributed by atoms with Gasteiger partial charge in [-0.25, -0.2) is 4.98 Å². The largest absolute Gasteiger partial charge is 0.496 e. The van der Waals surface area contributed by atoms with Crippen molar-refractivity contribution >= 4 is 0 Å². The number of benzene rings is 2. The summed E-state index contributed by atoms with van der Waals surface area (Å²) in [4.78, 5) is 4.45. The highest BCUT2D eigenvalue weighted by molar-refractivity contribution is 5.41. The molecule has 2 aromatic carbocycles. The van der Waals surface area contributed by atoms with E-state index < -0.39 is 0 Å². The van der Waals surface area contributed by atoms with Crippen LogP contribution in [0.25, 0.3) is 0 Å². The molecule has 0 unspecified atom stereocenters. The lowest BCUT2D eigenvalue weighted by molar-refractivity contribution is 0.316. The van der Waals surface area contributed by atoms with Gasteiger partial charge in [-0.3, -0.25) is 0 Å². The third-order valence-corrected chi connectivity index (χ3v) is 6.51. The molecule has 0 bridgehead atoms. The van der Waals surface area contributed by atoms with Gasteiger partial charge in [-0.2, -0.15) is 0 Å². The number of nitrogens with zero attached hydrogens (tertiary/aromatic N) is 2. The van der Waals surface area contributed by atoms with Gasteiger partial charge in [-0.15, -0.1) is 0 Å². The van der Waals surface area contributed by atoms with Crippen molar-refractivity contribution in [3.63, 3.8) is 0 Å². The van der Waals surface area contributed by atoms with E-state index in [9.17, 15) is 0 Å². The average Bonchev–Trinajstić information content (AvgIpc) is 3.48. The van der Waals surface area contributed by atoms with Crippen molar-refractivity contribution in [2.45, 2.75) is 57.7 Å². The fraction of sp³-hybridized carbons (Fsp3) is 0.423. The zero-order valence-corrected chi connectivity index (χ0v) is 18.9. The first kappa shape index (κ1) is 21.4. The number of rotatable bonds is 9. The SMILES string of the molecule is CCc1nccn1Cc1cc(CNC2(c3ccccc3OC)CCCC2)ccc1OC. The molecule has 0 aliphatic heterocycles. The second kappa shape index (κ2) is 9.56. The van der Waals surface area contributed by atoms with E-state index in [0.29, 0.717) is 0 Å². The molecule has 1 heterocycles. The van der Waals surface area contributed by atoms with E-state index in [1.165, 1.54) is 29.5 Å². The maximum Gasteiger partial charge on any atom is 0.123 e. The third kappa shape index (κ3) is 4.47. The zero-order valence-electron chi connectivity index (χ0n) is 18.9. The Morgan fingerprint density at radius 1 is 1.03 bits per heavy atom. The summed E-state index contributed by atoms with van der Waals surface area (Å²) in [6.07, 6.45) is 9.55. The second-order valence-electron chi connectivity index (χ2n) is 8.31. The molecule has 0 saturated heterocycles. The van der Waals surface area contributed by atoms with Gasteiger partial charge in [0.15, 0.2) is 0 Å². The number of hydrogen-bond donors (Lipinski definition) is 1. The smallest absolute Gasteiger partial charge is 0.123 e. The Kier molecular flexibility index (Phi) is 6.62. The molecule has 1 aromatic heterocycles. The van der Waals surface area contributed by atoms with E-state index in [4.69, 9.17) is 9.47 Å². The van der Waals surface area contributed by atoms with E-state index >= 15 is 0 Å². The van der Waals surface area contributed by atoms with Crippen LogP contribution in [0.1, 0.15) is 55.1 Å². The molecule has 31 heavy (non-hydrogen) atoms. The van der Waals surface area contributed by atoms with Crippen molar-refractivity contribution in [1.82, 2.24) is 14.9 Å². The minimum atomic E-state index is -0.0353. The Morgan fingerprint density at radius 2 is 1.81 bits per heavy atom. The number of aromatic nitrogens is 2. The predicted molar refractivity (Wildman–Crippen MR) is 124 cm³/mol. The zero-order chi connectivity index (χ0) is 21.7. The standard InChI is InChI=1S/C26H33N3O2/c1-4-25-27-15-16-29(25)19-21-17-20(11-12-23(21)30-2)18-28-26(13-7-8-14-26)22-9-5-6-10-24(22)31-3/h5-6,9-12,15-17,28H,4,7-8,13-14,18-19H2,1-3H3. The Bertz CT molecular complexity index is 1010. The van der Waals surface area contributed by atoms with Gasteiger partial charge >= 0.3 is 0 Å². The van der Waals surface area contributed by atoms with E-state index in [0.717, 1.165) is 49.7 Å². The lowest BCUT2D eigenvalue weighted by atomic mass is 9.87. The molecule has 0 atom stereocenters. The second-order valence-corrected chi connectivity index (χ2v) is 8.31. The molecule has 1 saturated carbocycles. The van der Waals surface area contributed by atoms with E-state index in [1.807, 2.05) is 18.5 Å². The number of imidazole rings is 1. The van der Waals surface area contributed by atoms with Crippen molar-refractivity contribution in [1.29, 1.82) is 0 Å². The fourth-order valence-electron chi connectivity index (χ4n) is 4.88. The summed E-state index contributed by atoms with van der Waals surface area (Å²) < 4.78 is 13.5. The molecule has 0 amide bonds. The number of para-hydroxylation sites is 1. The number of ether oxygens (including phenoxy) is 2. The number of hydrogen-bond acceptors (Lipinski definition) is 4. The van der Waals surface area contributed by atoms with Crippen LogP contribution in [-0.4, -0.2) is 23.8 Å². The van der Waals surface area contributed by atoms with E-state index in [1.54, 1.807) is 14.2 Å². The van der Waals surface area contributed by atoms with Crippen LogP contribution in [0.4, 0.5) is 0 Å². The Balaban J connectivity index is 1.57. The molecule has 5 heteroatoms. The maximum absolute atomic E-state index is 5.70. The lowest BCUT2D eigenvalue weighted by Crippen LogP contribution is -2.39. The lowest BCUT2D eigenvalue weighted by Gasteiger charge is -2.32. The molecular weight excluding hydrogens is 386 g/mol. The fourth-order valence-corrected chi connectivity index (χ4v) is 4.88. The van der Waals surface area contributed by atoms with Crippen LogP contribution < -0.4 is 14.8 Å². The van der Waals surface area contributed by atoms with Crippen LogP contribution >= 0.6 is 0 Å². The van der Waals surface area contributed by atoms with Crippen LogP contribution in [0.15, 0.2) is 54.9 Å². The molecular formula is C26H33N3O2. The number of methoxy groups -OCH3 is 2. The average molecular weight is 420 g/mol. The monoisotopic (exact) mass is 419 g/mol. The summed E-state index contributed by atoms with van der Waals surface area (Å²) in [5, 5.41) is 3.91. The molecule has 1 N–H and O–H groups in total. The molecule has 0 spiro atoms. The quantitative estimate of drug-likeness (QED) is 0.526. The molecule has 1 aliphatic carbocycles. The van der Waals surface area contributed by atoms with Gasteiger partial charge in [0.05, 0.1) is 20.8 Å². The van der Waals surface area contributed by atoms with Crippen molar-refractivity contribution in [2.75, 3.05) is 14.2 Å². The van der Waals surface area contributed by atoms with Crippen molar-refractivity contribution < 1.29 is 9.47 Å². The maximum atomic E-state index is 5.70. The minimum absolute atomic E-state index is 0.0353. The van der Waals surface area contributed by atoms with Crippen LogP contribution in [0.2, 0.25) is 0 Å². The van der Waals surface area contributed by atoms with Gasteiger partial charge in [0.2, 0.25) is 0 Å². The van der Waals surface area contributed by atoms with Gasteiger partial charge in [0, 0.05) is 42.0 Å². The topological polar surface area (TPSA) is 48.3 Å². The summed E-state index contributed by atoms with van der Waals surface area (Å²) in [7, 11) is 3.50. The summed E-state index contributed by atoms with van der Waals surface area (Å²) in [5.74, 6) is 2.98. The number of aryl methyl sites for hydroxylation is 1. The summed E-state index contributed by atoms with van der Waals surface area (Å²) >= 11 is 0. The summed E-state index contributed by atoms with van der Waals surface area (Å²) in [5.41, 5.74) is 3.67. The summed E-state index contributed by atoms with van der Waals surface area (Å²) in [6, 6.07) is 14.9. The van der Waals surface area contributed by atoms with Crippen LogP contribution in [0.3, 0.4) is 0 Å². The third-order valence-electron chi connectivity index (χ3n) is 6.51. The Morgan fingerprint density at radius 3 is 2.55 bits per heavy atom. The first-order valence-electron chi connectivity index (χ1n) is 11.2. The van der Waals surface area contributed by atoms with E-state index in [-0.39, 0.29) is 5.54 Å². The van der Waals surface area contributed by atoms with E-state index in [2.05, 4.69) is 58.2 Å². The van der Waals surface area contributed by atoms with Gasteiger partial charge in [0.1, 0.15) is 17.3 Å². The van der Waals surface area contributed by atoms with Crippen LogP contribution in [0, 0.1) is 0 Å². The summed E-state index contributed by atoms with van der Waals surface area (Å²) in [6.45, 7) is 3.70. The molecule has 5 nitrogen and oxygen atoms in total. The highest BCUT2D eigenvalue weighted by atomic mass is 16.5. The minimum Gasteiger partial charge on any atom is -0.496 e. The van der Waals surface area contributed by atoms with Gasteiger partial charge in [0.25, 0.3) is 0 Å². The van der Waals surface area contributed by atoms with Crippen LogP contribution in [-0.2, 0) is 25.0 Å². The highest BCUT2D eigenvalue weighted by Gasteiger charge is 2.37. The van der Waals surface area contributed by atoms with Crippen molar-refractivity contribution in [3.8, 4) is 11.5 Å². The predicted octanol–water partition coefficient (Wildman–Crippen LogP) is 5.07. The van der Waals surface area contributed by atoms with Crippen molar-refractivity contribution in [3.05, 3.63) is 77.4 Å². The van der Waals surface area contributed by atoms with Gasteiger partial charge in [-0.05, 0) is 36.6 Å². The molecule has 4 rings (SSSR count). The first-order chi connectivity index (χ1) is 15.2. The molecule has 164 valence electrons. The van der Waals surface area contributed by atoms with Gasteiger partial charge < -0.3 is 19.4 Å². The molecule has 3 aromatic rings. The normalized spacial score (nSPS) is 15.2. The highest BCUT2D eigenvalue weighted by Crippen LogP contribution is 2.42. The van der Waals surface area contributed by atoms with Crippen molar-refractivity contribution in [2.24, 2.45) is 0 Å². The van der Waals surface area contributed by atoms with Gasteiger partial charge in [-0.1, -0.05) is 44.0 Å². The molecule has 0 radical (unpaired) electrons. The number of nitrogens with one attached hydrogen (secondary N) is 1. The molecule has 1 aliphatic rings. The molecule has 1 fully saturated rings. The first-order valence-corrected chi connectivity index (χ1v) is 11.2. The Hall–Kier alpha value is -2.79. The Labute approximate surface area is 185 Å².